The van der Waals surface area contributed by atoms with Gasteiger partial charge in [0.15, 0.2) is 17.9 Å². The molecule has 4 rings (SSSR count). The molecule has 0 amide bonds. The highest BCUT2D eigenvalue weighted by atomic mass is 19.2. The molecule has 0 atom stereocenters. The fourth-order valence-electron chi connectivity index (χ4n) is 4.51. The Kier molecular flexibility index (Phi) is 9.00. The Bertz CT molecular complexity index is 1170. The minimum atomic E-state index is -0.837. The molecule has 3 aromatic carbocycles. The second-order valence-electron chi connectivity index (χ2n) is 9.38. The lowest BCUT2D eigenvalue weighted by Gasteiger charge is -2.28. The number of aryl methyl sites for hydroxylation is 1. The summed E-state index contributed by atoms with van der Waals surface area (Å²) < 4.78 is 55.9. The van der Waals surface area contributed by atoms with E-state index in [0.29, 0.717) is 47.5 Å². The lowest BCUT2D eigenvalue weighted by molar-refractivity contribution is -0.197. The van der Waals surface area contributed by atoms with Gasteiger partial charge in [0.2, 0.25) is 0 Å². The maximum Gasteiger partial charge on any atom is 0.183 e. The molecule has 0 radical (unpaired) electrons. The summed E-state index contributed by atoms with van der Waals surface area (Å²) in [5.74, 6) is -1.89. The van der Waals surface area contributed by atoms with Crippen molar-refractivity contribution in [1.82, 2.24) is 0 Å². The Morgan fingerprint density at radius 3 is 2.08 bits per heavy atom. The van der Waals surface area contributed by atoms with Crippen LogP contribution in [0.3, 0.4) is 0 Å². The zero-order valence-corrected chi connectivity index (χ0v) is 20.7. The number of hydrogen-bond donors (Lipinski definition) is 0. The third-order valence-corrected chi connectivity index (χ3v) is 6.74. The number of benzene rings is 3. The molecular formula is C31H33F3O2. The van der Waals surface area contributed by atoms with E-state index in [9.17, 15) is 13.2 Å². The van der Waals surface area contributed by atoms with Crippen molar-refractivity contribution in [2.24, 2.45) is 5.92 Å². The van der Waals surface area contributed by atoms with Gasteiger partial charge in [-0.05, 0) is 35.6 Å². The molecule has 1 aliphatic rings. The van der Waals surface area contributed by atoms with Gasteiger partial charge in [0, 0.05) is 22.6 Å². The van der Waals surface area contributed by atoms with Gasteiger partial charge in [-0.2, -0.15) is 0 Å². The third-order valence-electron chi connectivity index (χ3n) is 6.74. The molecule has 0 unspecified atom stereocenters. The summed E-state index contributed by atoms with van der Waals surface area (Å²) in [5, 5.41) is 0. The van der Waals surface area contributed by atoms with Crippen LogP contribution in [0.1, 0.15) is 56.4 Å². The molecule has 1 saturated heterocycles. The molecule has 5 heteroatoms. The van der Waals surface area contributed by atoms with Crippen LogP contribution in [0.25, 0.3) is 22.3 Å². The molecule has 0 saturated carbocycles. The van der Waals surface area contributed by atoms with E-state index >= 15 is 0 Å². The van der Waals surface area contributed by atoms with Crippen LogP contribution in [0.4, 0.5) is 13.2 Å². The first-order valence-corrected chi connectivity index (χ1v) is 12.7. The van der Waals surface area contributed by atoms with Crippen molar-refractivity contribution in [2.75, 3.05) is 13.2 Å². The predicted octanol–water partition coefficient (Wildman–Crippen LogP) is 8.80. The van der Waals surface area contributed by atoms with E-state index in [0.717, 1.165) is 25.7 Å². The average Bonchev–Trinajstić information content (AvgIpc) is 2.91. The summed E-state index contributed by atoms with van der Waals surface area (Å²) in [6.45, 7) is 6.85. The second kappa shape index (κ2) is 12.4. The molecule has 1 aliphatic heterocycles. The van der Waals surface area contributed by atoms with E-state index in [4.69, 9.17) is 9.47 Å². The number of hydrogen-bond acceptors (Lipinski definition) is 2. The van der Waals surface area contributed by atoms with Crippen LogP contribution in [0.15, 0.2) is 67.3 Å². The maximum absolute atomic E-state index is 15.0. The van der Waals surface area contributed by atoms with Crippen molar-refractivity contribution in [3.8, 4) is 22.3 Å². The molecule has 1 fully saturated rings. The zero-order valence-electron chi connectivity index (χ0n) is 20.7. The van der Waals surface area contributed by atoms with E-state index in [2.05, 4.69) is 13.5 Å². The lowest BCUT2D eigenvalue weighted by Crippen LogP contribution is -2.25. The molecule has 0 aliphatic carbocycles. The van der Waals surface area contributed by atoms with Crippen molar-refractivity contribution < 1.29 is 22.6 Å². The highest BCUT2D eigenvalue weighted by Crippen LogP contribution is 2.32. The first-order valence-electron chi connectivity index (χ1n) is 12.7. The SMILES string of the molecule is C=CC1COC(c2ccc(-c3ccc(-c4ccc(CCCCCCC)c(F)c4F)cc3)c(F)c2)OC1. The fraction of sp³-hybridized carbons (Fsp3) is 0.355. The largest absolute Gasteiger partial charge is 0.348 e. The summed E-state index contributed by atoms with van der Waals surface area (Å²) in [6.07, 6.45) is 7.02. The monoisotopic (exact) mass is 494 g/mol. The molecule has 36 heavy (non-hydrogen) atoms. The van der Waals surface area contributed by atoms with E-state index in [1.165, 1.54) is 12.5 Å². The molecule has 0 bridgehead atoms. The Morgan fingerprint density at radius 1 is 0.806 bits per heavy atom. The minimum Gasteiger partial charge on any atom is -0.348 e. The molecule has 0 N–H and O–H groups in total. The standard InChI is InChI=1S/C31H33F3O2/c1-3-5-6-7-8-9-24-14-17-27(30(34)29(24)33)23-12-10-22(11-13-23)26-16-15-25(18-28(26)32)31-35-19-21(4-2)20-36-31/h4,10-18,21,31H,2-3,5-9,19-20H2,1H3. The van der Waals surface area contributed by atoms with Gasteiger partial charge in [0.05, 0.1) is 13.2 Å². The fourth-order valence-corrected chi connectivity index (χ4v) is 4.51. The van der Waals surface area contributed by atoms with Crippen LogP contribution >= 0.6 is 0 Å². The number of rotatable bonds is 10. The van der Waals surface area contributed by atoms with Crippen molar-refractivity contribution in [3.05, 3.63) is 95.8 Å². The molecule has 1 heterocycles. The lowest BCUT2D eigenvalue weighted by atomic mass is 9.97. The van der Waals surface area contributed by atoms with Gasteiger partial charge in [0.1, 0.15) is 5.82 Å². The number of halogens is 3. The van der Waals surface area contributed by atoms with E-state index in [1.54, 1.807) is 54.6 Å². The maximum atomic E-state index is 15.0. The van der Waals surface area contributed by atoms with Crippen LogP contribution in [0.5, 0.6) is 0 Å². The summed E-state index contributed by atoms with van der Waals surface area (Å²) in [7, 11) is 0. The van der Waals surface area contributed by atoms with Gasteiger partial charge in [-0.3, -0.25) is 0 Å². The van der Waals surface area contributed by atoms with Crippen LogP contribution in [0, 0.1) is 23.4 Å². The Balaban J connectivity index is 1.45. The van der Waals surface area contributed by atoms with Gasteiger partial charge < -0.3 is 9.47 Å². The first-order chi connectivity index (χ1) is 17.5. The number of unbranched alkanes of at least 4 members (excludes halogenated alkanes) is 4. The van der Waals surface area contributed by atoms with Crippen molar-refractivity contribution in [1.29, 1.82) is 0 Å². The molecule has 0 aromatic heterocycles. The summed E-state index contributed by atoms with van der Waals surface area (Å²) in [6, 6.07) is 15.0. The molecule has 190 valence electrons. The van der Waals surface area contributed by atoms with E-state index in [-0.39, 0.29) is 11.5 Å². The molecular weight excluding hydrogens is 461 g/mol. The Hall–Kier alpha value is -2.89. The Morgan fingerprint density at radius 2 is 1.44 bits per heavy atom. The van der Waals surface area contributed by atoms with Crippen molar-refractivity contribution in [3.63, 3.8) is 0 Å². The Labute approximate surface area is 211 Å². The van der Waals surface area contributed by atoms with Crippen molar-refractivity contribution in [2.45, 2.75) is 51.7 Å². The smallest absolute Gasteiger partial charge is 0.183 e. The molecule has 2 nitrogen and oxygen atoms in total. The second-order valence-corrected chi connectivity index (χ2v) is 9.38. The molecule has 3 aromatic rings. The average molecular weight is 495 g/mol. The van der Waals surface area contributed by atoms with E-state index < -0.39 is 23.7 Å². The summed E-state index contributed by atoms with van der Waals surface area (Å²) in [5.41, 5.74) is 2.83. The van der Waals surface area contributed by atoms with Gasteiger partial charge in [0.25, 0.3) is 0 Å². The molecule has 0 spiro atoms. The predicted molar refractivity (Wildman–Crippen MR) is 138 cm³/mol. The quantitative estimate of drug-likeness (QED) is 0.207. The van der Waals surface area contributed by atoms with E-state index in [1.807, 2.05) is 0 Å². The summed E-state index contributed by atoms with van der Waals surface area (Å²) in [4.78, 5) is 0. The highest BCUT2D eigenvalue weighted by Gasteiger charge is 2.23. The van der Waals surface area contributed by atoms with Crippen LogP contribution in [0.2, 0.25) is 0 Å². The first kappa shape index (κ1) is 26.2. The van der Waals surface area contributed by atoms with Gasteiger partial charge in [-0.15, -0.1) is 6.58 Å². The van der Waals surface area contributed by atoms with Crippen molar-refractivity contribution >= 4 is 0 Å². The zero-order chi connectivity index (χ0) is 25.5. The third kappa shape index (κ3) is 6.08. The van der Waals surface area contributed by atoms with Crippen LogP contribution < -0.4 is 0 Å². The van der Waals surface area contributed by atoms with Crippen LogP contribution in [-0.2, 0) is 15.9 Å². The summed E-state index contributed by atoms with van der Waals surface area (Å²) >= 11 is 0. The van der Waals surface area contributed by atoms with Crippen LogP contribution in [-0.4, -0.2) is 13.2 Å². The normalized spacial score (nSPS) is 17.8. The topological polar surface area (TPSA) is 18.5 Å². The van der Waals surface area contributed by atoms with Gasteiger partial charge >= 0.3 is 0 Å². The van der Waals surface area contributed by atoms with Gasteiger partial charge in [-0.1, -0.05) is 87.2 Å². The minimum absolute atomic E-state index is 0.133. The highest BCUT2D eigenvalue weighted by molar-refractivity contribution is 5.71. The van der Waals surface area contributed by atoms with Gasteiger partial charge in [-0.25, -0.2) is 13.2 Å². The number of ether oxygens (including phenoxy) is 2.